The molecule has 2 aromatic rings. The summed E-state index contributed by atoms with van der Waals surface area (Å²) in [6.07, 6.45) is 0.971. The minimum Gasteiger partial charge on any atom is -0.342 e. The second-order valence-electron chi connectivity index (χ2n) is 6.09. The summed E-state index contributed by atoms with van der Waals surface area (Å²) in [4.78, 5) is 26.3. The van der Waals surface area contributed by atoms with Gasteiger partial charge in [0.2, 0.25) is 11.8 Å². The maximum Gasteiger partial charge on any atom is 0.229 e. The number of amides is 2. The fourth-order valence-electron chi connectivity index (χ4n) is 2.88. The summed E-state index contributed by atoms with van der Waals surface area (Å²) >= 11 is 11.9. The van der Waals surface area contributed by atoms with Crippen LogP contribution in [0.4, 0.5) is 5.69 Å². The molecule has 3 rings (SSSR count). The Labute approximate surface area is 156 Å². The molecule has 4 nitrogen and oxygen atoms in total. The predicted molar refractivity (Wildman–Crippen MR) is 99.9 cm³/mol. The van der Waals surface area contributed by atoms with Gasteiger partial charge in [-0.3, -0.25) is 9.59 Å². The molecule has 1 aliphatic rings. The van der Waals surface area contributed by atoms with Crippen molar-refractivity contribution in [2.24, 2.45) is 5.92 Å². The van der Waals surface area contributed by atoms with Gasteiger partial charge in [-0.2, -0.15) is 0 Å². The van der Waals surface area contributed by atoms with Crippen molar-refractivity contribution < 1.29 is 9.59 Å². The van der Waals surface area contributed by atoms with E-state index in [0.29, 0.717) is 28.8 Å². The molecule has 25 heavy (non-hydrogen) atoms. The minimum absolute atomic E-state index is 0.00766. The summed E-state index contributed by atoms with van der Waals surface area (Å²) in [7, 11) is 0. The number of halogens is 2. The first-order valence-corrected chi connectivity index (χ1v) is 8.86. The van der Waals surface area contributed by atoms with E-state index in [2.05, 4.69) is 5.32 Å². The van der Waals surface area contributed by atoms with Gasteiger partial charge in [0.15, 0.2) is 0 Å². The van der Waals surface area contributed by atoms with Crippen LogP contribution in [0.25, 0.3) is 0 Å². The molecule has 0 radical (unpaired) electrons. The summed E-state index contributed by atoms with van der Waals surface area (Å²) in [6.45, 7) is 1.03. The predicted octanol–water partition coefficient (Wildman–Crippen LogP) is 4.02. The zero-order valence-corrected chi connectivity index (χ0v) is 15.1. The maximum atomic E-state index is 12.4. The minimum atomic E-state index is -0.353. The number of rotatable bonds is 5. The van der Waals surface area contributed by atoms with Crippen LogP contribution in [0.3, 0.4) is 0 Å². The fraction of sp³-hybridized carbons (Fsp3) is 0.263. The van der Waals surface area contributed by atoms with Crippen molar-refractivity contribution in [2.75, 3.05) is 18.4 Å². The molecule has 0 bridgehead atoms. The van der Waals surface area contributed by atoms with Crippen molar-refractivity contribution in [3.63, 3.8) is 0 Å². The molecule has 0 saturated carbocycles. The van der Waals surface area contributed by atoms with Crippen LogP contribution in [0.15, 0.2) is 48.5 Å². The molecular formula is C19H18Cl2N2O2. The van der Waals surface area contributed by atoms with E-state index < -0.39 is 0 Å². The van der Waals surface area contributed by atoms with Crippen LogP contribution < -0.4 is 5.32 Å². The molecule has 1 N–H and O–H groups in total. The lowest BCUT2D eigenvalue weighted by molar-refractivity contribution is -0.128. The van der Waals surface area contributed by atoms with Crippen molar-refractivity contribution in [1.29, 1.82) is 0 Å². The summed E-state index contributed by atoms with van der Waals surface area (Å²) in [5, 5.41) is 3.99. The highest BCUT2D eigenvalue weighted by molar-refractivity contribution is 6.33. The third-order valence-corrected chi connectivity index (χ3v) is 4.88. The average molecular weight is 377 g/mol. The third kappa shape index (κ3) is 4.53. The van der Waals surface area contributed by atoms with Gasteiger partial charge in [-0.05, 0) is 36.2 Å². The highest BCUT2D eigenvalue weighted by Crippen LogP contribution is 2.24. The lowest BCUT2D eigenvalue weighted by Crippen LogP contribution is -2.30. The van der Waals surface area contributed by atoms with Gasteiger partial charge in [0.25, 0.3) is 0 Å². The normalized spacial score (nSPS) is 17.0. The fourth-order valence-corrected chi connectivity index (χ4v) is 3.19. The van der Waals surface area contributed by atoms with Crippen LogP contribution in [-0.4, -0.2) is 29.8 Å². The molecule has 1 heterocycles. The summed E-state index contributed by atoms with van der Waals surface area (Å²) in [5.74, 6) is -0.516. The van der Waals surface area contributed by atoms with E-state index in [4.69, 9.17) is 23.2 Å². The number of likely N-dealkylation sites (tertiary alicyclic amines) is 1. The first-order chi connectivity index (χ1) is 12.0. The zero-order chi connectivity index (χ0) is 17.8. The van der Waals surface area contributed by atoms with Crippen molar-refractivity contribution >= 4 is 40.7 Å². The van der Waals surface area contributed by atoms with Gasteiger partial charge in [-0.1, -0.05) is 47.5 Å². The smallest absolute Gasteiger partial charge is 0.229 e. The SMILES string of the molecule is O=C(Nc1ccccc1Cl)C1CC(=O)N(CCc2ccc(Cl)cc2)C1. The number of nitrogens with zero attached hydrogens (tertiary/aromatic N) is 1. The average Bonchev–Trinajstić information content (AvgIpc) is 2.97. The largest absolute Gasteiger partial charge is 0.342 e. The monoisotopic (exact) mass is 376 g/mol. The van der Waals surface area contributed by atoms with Crippen LogP contribution in [0.1, 0.15) is 12.0 Å². The Bertz CT molecular complexity index is 777. The molecule has 1 atom stereocenters. The number of anilines is 1. The van der Waals surface area contributed by atoms with E-state index >= 15 is 0 Å². The van der Waals surface area contributed by atoms with Gasteiger partial charge in [0.1, 0.15) is 0 Å². The Morgan fingerprint density at radius 2 is 1.84 bits per heavy atom. The van der Waals surface area contributed by atoms with Gasteiger partial charge < -0.3 is 10.2 Å². The molecule has 2 amide bonds. The molecule has 1 saturated heterocycles. The molecule has 130 valence electrons. The second kappa shape index (κ2) is 7.89. The van der Waals surface area contributed by atoms with E-state index in [0.717, 1.165) is 12.0 Å². The Morgan fingerprint density at radius 3 is 2.56 bits per heavy atom. The topological polar surface area (TPSA) is 49.4 Å². The number of hydrogen-bond donors (Lipinski definition) is 1. The van der Waals surface area contributed by atoms with E-state index in [-0.39, 0.29) is 24.2 Å². The van der Waals surface area contributed by atoms with E-state index in [1.807, 2.05) is 24.3 Å². The van der Waals surface area contributed by atoms with Gasteiger partial charge in [-0.15, -0.1) is 0 Å². The summed E-state index contributed by atoms with van der Waals surface area (Å²) in [5.41, 5.74) is 1.68. The number of hydrogen-bond acceptors (Lipinski definition) is 2. The second-order valence-corrected chi connectivity index (χ2v) is 6.93. The number of nitrogens with one attached hydrogen (secondary N) is 1. The lowest BCUT2D eigenvalue weighted by Gasteiger charge is -2.17. The molecule has 0 spiro atoms. The van der Waals surface area contributed by atoms with E-state index in [1.165, 1.54) is 0 Å². The Hall–Kier alpha value is -2.04. The van der Waals surface area contributed by atoms with Crippen LogP contribution in [0.2, 0.25) is 10.0 Å². The van der Waals surface area contributed by atoms with Gasteiger partial charge in [0, 0.05) is 24.5 Å². The Balaban J connectivity index is 1.55. The molecule has 1 aliphatic heterocycles. The van der Waals surface area contributed by atoms with E-state index in [9.17, 15) is 9.59 Å². The highest BCUT2D eigenvalue weighted by Gasteiger charge is 2.34. The lowest BCUT2D eigenvalue weighted by atomic mass is 10.1. The van der Waals surface area contributed by atoms with Crippen LogP contribution in [0.5, 0.6) is 0 Å². The first-order valence-electron chi connectivity index (χ1n) is 8.10. The van der Waals surface area contributed by atoms with Gasteiger partial charge in [-0.25, -0.2) is 0 Å². The summed E-state index contributed by atoms with van der Waals surface area (Å²) < 4.78 is 0. The summed E-state index contributed by atoms with van der Waals surface area (Å²) in [6, 6.07) is 14.6. The zero-order valence-electron chi connectivity index (χ0n) is 13.5. The Kier molecular flexibility index (Phi) is 5.61. The van der Waals surface area contributed by atoms with Crippen LogP contribution in [-0.2, 0) is 16.0 Å². The number of para-hydroxylation sites is 1. The standard InChI is InChI=1S/C19H18Cl2N2O2/c20-15-7-5-13(6-8-15)9-10-23-12-14(11-18(23)24)19(25)22-17-4-2-1-3-16(17)21/h1-8,14H,9-12H2,(H,22,25). The molecule has 6 heteroatoms. The number of benzene rings is 2. The van der Waals surface area contributed by atoms with Crippen molar-refractivity contribution in [3.05, 3.63) is 64.1 Å². The van der Waals surface area contributed by atoms with Crippen molar-refractivity contribution in [2.45, 2.75) is 12.8 Å². The van der Waals surface area contributed by atoms with Crippen LogP contribution in [0, 0.1) is 5.92 Å². The molecule has 2 aromatic carbocycles. The van der Waals surface area contributed by atoms with Gasteiger partial charge >= 0.3 is 0 Å². The Morgan fingerprint density at radius 1 is 1.12 bits per heavy atom. The number of carbonyl (C=O) groups excluding carboxylic acids is 2. The molecule has 1 fully saturated rings. The highest BCUT2D eigenvalue weighted by atomic mass is 35.5. The maximum absolute atomic E-state index is 12.4. The van der Waals surface area contributed by atoms with E-state index in [1.54, 1.807) is 29.2 Å². The molecule has 0 aromatic heterocycles. The van der Waals surface area contributed by atoms with Crippen LogP contribution >= 0.6 is 23.2 Å². The molecule has 1 unspecified atom stereocenters. The number of carbonyl (C=O) groups is 2. The van der Waals surface area contributed by atoms with Crippen molar-refractivity contribution in [3.8, 4) is 0 Å². The molecular weight excluding hydrogens is 359 g/mol. The van der Waals surface area contributed by atoms with Gasteiger partial charge in [0.05, 0.1) is 16.6 Å². The first kappa shape index (κ1) is 17.8. The third-order valence-electron chi connectivity index (χ3n) is 4.30. The van der Waals surface area contributed by atoms with Crippen molar-refractivity contribution in [1.82, 2.24) is 4.90 Å². The quantitative estimate of drug-likeness (QED) is 0.856. The molecule has 0 aliphatic carbocycles.